The molecule has 86 valence electrons. The summed E-state index contributed by atoms with van der Waals surface area (Å²) >= 11 is 3.50. The number of aliphatic hydroxyl groups is 1. The van der Waals surface area contributed by atoms with Gasteiger partial charge in [-0.3, -0.25) is 0 Å². The van der Waals surface area contributed by atoms with E-state index in [9.17, 15) is 5.11 Å². The van der Waals surface area contributed by atoms with Crippen molar-refractivity contribution < 1.29 is 5.11 Å². The lowest BCUT2D eigenvalue weighted by Gasteiger charge is -2.43. The number of hydrogen-bond acceptors (Lipinski definition) is 1. The van der Waals surface area contributed by atoms with Gasteiger partial charge in [-0.15, -0.1) is 0 Å². The molecule has 3 unspecified atom stereocenters. The van der Waals surface area contributed by atoms with Gasteiger partial charge in [-0.25, -0.2) is 0 Å². The first-order valence-electron chi connectivity index (χ1n) is 6.07. The predicted octanol–water partition coefficient (Wildman–Crippen LogP) is 3.86. The van der Waals surface area contributed by atoms with Crippen LogP contribution in [0.2, 0.25) is 0 Å². The van der Waals surface area contributed by atoms with E-state index in [1.165, 1.54) is 32.1 Å². The van der Waals surface area contributed by atoms with Crippen LogP contribution in [0.15, 0.2) is 10.6 Å². The van der Waals surface area contributed by atoms with Crippen LogP contribution in [-0.4, -0.2) is 11.2 Å². The molecule has 2 rings (SSSR count). The van der Waals surface area contributed by atoms with Crippen LogP contribution in [0.3, 0.4) is 0 Å². The molecular formula is C13H21BrO. The third-order valence-electron chi connectivity index (χ3n) is 4.76. The summed E-state index contributed by atoms with van der Waals surface area (Å²) in [7, 11) is 0. The van der Waals surface area contributed by atoms with Crippen molar-refractivity contribution in [1.29, 1.82) is 0 Å². The van der Waals surface area contributed by atoms with Gasteiger partial charge in [0.1, 0.15) is 0 Å². The van der Waals surface area contributed by atoms with Crippen molar-refractivity contribution in [3.63, 3.8) is 0 Å². The van der Waals surface area contributed by atoms with Gasteiger partial charge in [-0.05, 0) is 61.3 Å². The van der Waals surface area contributed by atoms with E-state index in [0.717, 1.165) is 0 Å². The monoisotopic (exact) mass is 272 g/mol. The highest BCUT2D eigenvalue weighted by Crippen LogP contribution is 2.58. The van der Waals surface area contributed by atoms with Gasteiger partial charge in [0, 0.05) is 0 Å². The van der Waals surface area contributed by atoms with Gasteiger partial charge in [-0.1, -0.05) is 28.4 Å². The molecule has 0 heterocycles. The van der Waals surface area contributed by atoms with Crippen LogP contribution >= 0.6 is 15.9 Å². The van der Waals surface area contributed by atoms with E-state index < -0.39 is 0 Å². The third kappa shape index (κ3) is 1.80. The molecule has 4 atom stereocenters. The van der Waals surface area contributed by atoms with E-state index in [4.69, 9.17) is 0 Å². The van der Waals surface area contributed by atoms with Gasteiger partial charge >= 0.3 is 0 Å². The van der Waals surface area contributed by atoms with Gasteiger partial charge in [0.05, 0.1) is 6.10 Å². The Bertz CT molecular complexity index is 272. The van der Waals surface area contributed by atoms with Gasteiger partial charge < -0.3 is 5.11 Å². The van der Waals surface area contributed by atoms with Crippen LogP contribution in [0.1, 0.15) is 46.0 Å². The van der Waals surface area contributed by atoms with Crippen LogP contribution in [0.4, 0.5) is 0 Å². The predicted molar refractivity (Wildman–Crippen MR) is 66.9 cm³/mol. The van der Waals surface area contributed by atoms with E-state index in [0.29, 0.717) is 17.3 Å². The second kappa shape index (κ2) is 4.21. The van der Waals surface area contributed by atoms with Gasteiger partial charge in [0.2, 0.25) is 0 Å². The van der Waals surface area contributed by atoms with Crippen LogP contribution in [0.5, 0.6) is 0 Å². The molecule has 2 heteroatoms. The lowest BCUT2D eigenvalue weighted by molar-refractivity contribution is 0.0303. The molecule has 0 aromatic heterocycles. The number of fused-ring (bicyclic) bond motifs is 1. The Kier molecular flexibility index (Phi) is 3.27. The van der Waals surface area contributed by atoms with Crippen molar-refractivity contribution in [2.24, 2.45) is 17.3 Å². The minimum atomic E-state index is -0.144. The van der Waals surface area contributed by atoms with E-state index in [-0.39, 0.29) is 6.10 Å². The SMILES string of the molecule is C[C@@H](O)C1CCC2/C(=C/Br)CCCC21C. The number of hydrogen-bond donors (Lipinski definition) is 1. The van der Waals surface area contributed by atoms with Crippen molar-refractivity contribution in [2.75, 3.05) is 0 Å². The largest absolute Gasteiger partial charge is 0.393 e. The minimum absolute atomic E-state index is 0.144. The summed E-state index contributed by atoms with van der Waals surface area (Å²) < 4.78 is 0. The quantitative estimate of drug-likeness (QED) is 0.769. The molecule has 0 aromatic carbocycles. The molecule has 0 aliphatic heterocycles. The standard InChI is InChI=1S/C13H21BrO/c1-9(15)11-5-6-12-10(8-14)4-3-7-13(11,12)2/h8-9,11-12,15H,3-7H2,1-2H3/b10-8+/t9-,11?,12?,13?/m1/s1. The molecule has 1 nitrogen and oxygen atoms in total. The van der Waals surface area contributed by atoms with Gasteiger partial charge in [-0.2, -0.15) is 0 Å². The van der Waals surface area contributed by atoms with Gasteiger partial charge in [0.25, 0.3) is 0 Å². The Balaban J connectivity index is 2.27. The zero-order valence-electron chi connectivity index (χ0n) is 9.67. The molecule has 0 saturated heterocycles. The summed E-state index contributed by atoms with van der Waals surface area (Å²) in [5.41, 5.74) is 1.93. The number of allylic oxidation sites excluding steroid dienone is 1. The maximum absolute atomic E-state index is 9.88. The molecule has 15 heavy (non-hydrogen) atoms. The zero-order chi connectivity index (χ0) is 11.1. The molecule has 2 saturated carbocycles. The highest BCUT2D eigenvalue weighted by atomic mass is 79.9. The van der Waals surface area contributed by atoms with Crippen LogP contribution in [-0.2, 0) is 0 Å². The van der Waals surface area contributed by atoms with E-state index in [1.807, 2.05) is 6.92 Å². The third-order valence-corrected chi connectivity index (χ3v) is 5.35. The lowest BCUT2D eigenvalue weighted by Crippen LogP contribution is -2.37. The van der Waals surface area contributed by atoms with Crippen LogP contribution in [0.25, 0.3) is 0 Å². The van der Waals surface area contributed by atoms with Gasteiger partial charge in [0.15, 0.2) is 0 Å². The lowest BCUT2D eigenvalue weighted by atomic mass is 9.63. The summed E-state index contributed by atoms with van der Waals surface area (Å²) in [6.07, 6.45) is 6.14. The summed E-state index contributed by atoms with van der Waals surface area (Å²) in [5, 5.41) is 9.88. The second-order valence-corrected chi connectivity index (χ2v) is 5.98. The van der Waals surface area contributed by atoms with Crippen molar-refractivity contribution in [2.45, 2.75) is 52.1 Å². The maximum atomic E-state index is 9.88. The Morgan fingerprint density at radius 3 is 2.87 bits per heavy atom. The summed E-state index contributed by atoms with van der Waals surface area (Å²) in [5.74, 6) is 1.22. The van der Waals surface area contributed by atoms with Crippen LogP contribution < -0.4 is 0 Å². The first kappa shape index (κ1) is 11.7. The molecule has 2 fully saturated rings. The number of aliphatic hydroxyl groups excluding tert-OH is 1. The Morgan fingerprint density at radius 1 is 1.53 bits per heavy atom. The minimum Gasteiger partial charge on any atom is -0.393 e. The molecule has 0 spiro atoms. The Hall–Kier alpha value is 0.180. The molecule has 2 aliphatic rings. The molecule has 0 radical (unpaired) electrons. The number of halogens is 1. The first-order chi connectivity index (χ1) is 7.09. The number of rotatable bonds is 1. The molecule has 0 amide bonds. The maximum Gasteiger partial charge on any atom is 0.0545 e. The van der Waals surface area contributed by atoms with E-state index in [2.05, 4.69) is 27.8 Å². The molecule has 0 bridgehead atoms. The first-order valence-corrected chi connectivity index (χ1v) is 6.98. The zero-order valence-corrected chi connectivity index (χ0v) is 11.3. The molecular weight excluding hydrogens is 252 g/mol. The molecule has 2 aliphatic carbocycles. The fourth-order valence-electron chi connectivity index (χ4n) is 4.00. The Morgan fingerprint density at radius 2 is 2.27 bits per heavy atom. The fourth-order valence-corrected chi connectivity index (χ4v) is 4.55. The van der Waals surface area contributed by atoms with E-state index in [1.54, 1.807) is 5.57 Å². The average molecular weight is 273 g/mol. The topological polar surface area (TPSA) is 20.2 Å². The summed E-state index contributed by atoms with van der Waals surface area (Å²) in [6.45, 7) is 4.35. The van der Waals surface area contributed by atoms with Crippen molar-refractivity contribution in [3.05, 3.63) is 10.6 Å². The fraction of sp³-hybridized carbons (Fsp3) is 0.846. The molecule has 0 aromatic rings. The normalized spacial score (nSPS) is 45.5. The summed E-state index contributed by atoms with van der Waals surface area (Å²) in [6, 6.07) is 0. The van der Waals surface area contributed by atoms with Crippen molar-refractivity contribution in [3.8, 4) is 0 Å². The second-order valence-electron chi connectivity index (χ2n) is 5.52. The molecule has 1 N–H and O–H groups in total. The van der Waals surface area contributed by atoms with E-state index >= 15 is 0 Å². The van der Waals surface area contributed by atoms with Crippen LogP contribution in [0, 0.1) is 17.3 Å². The highest BCUT2D eigenvalue weighted by molar-refractivity contribution is 9.11. The highest BCUT2D eigenvalue weighted by Gasteiger charge is 2.50. The van der Waals surface area contributed by atoms with Crippen molar-refractivity contribution >= 4 is 15.9 Å². The summed E-state index contributed by atoms with van der Waals surface area (Å²) in [4.78, 5) is 2.14. The Labute approximate surface area is 101 Å². The van der Waals surface area contributed by atoms with Crippen molar-refractivity contribution in [1.82, 2.24) is 0 Å². The average Bonchev–Trinajstić information content (AvgIpc) is 2.54. The smallest absolute Gasteiger partial charge is 0.0545 e.